The number of esters is 1. The van der Waals surface area contributed by atoms with Crippen LogP contribution in [0.5, 0.6) is 0 Å². The summed E-state index contributed by atoms with van der Waals surface area (Å²) in [6.07, 6.45) is -20.0. The molecule has 0 aromatic carbocycles. The molecule has 27 atom stereocenters. The van der Waals surface area contributed by atoms with Gasteiger partial charge in [-0.1, -0.05) is 39.8 Å². The van der Waals surface area contributed by atoms with Crippen molar-refractivity contribution in [2.75, 3.05) is 13.2 Å². The van der Waals surface area contributed by atoms with E-state index in [1.54, 1.807) is 0 Å². The van der Waals surface area contributed by atoms with Gasteiger partial charge in [0, 0.05) is 0 Å². The van der Waals surface area contributed by atoms with Crippen LogP contribution in [0.3, 0.4) is 0 Å². The molecule has 67 heavy (non-hydrogen) atoms. The highest BCUT2D eigenvalue weighted by atomic mass is 16.8. The average Bonchev–Trinajstić information content (AvgIpc) is 3.70. The fourth-order valence-electron chi connectivity index (χ4n) is 15.7. The lowest BCUT2D eigenvalue weighted by Crippen LogP contribution is -2.70. The van der Waals surface area contributed by atoms with Crippen molar-refractivity contribution in [2.24, 2.45) is 56.7 Å². The molecule has 0 aromatic heterocycles. The smallest absolute Gasteiger partial charge is 0.314 e. The van der Waals surface area contributed by atoms with Crippen LogP contribution in [0.15, 0.2) is 12.2 Å². The van der Waals surface area contributed by atoms with Crippen molar-refractivity contribution in [3.8, 4) is 0 Å². The van der Waals surface area contributed by atoms with Gasteiger partial charge in [0.05, 0.1) is 42.4 Å². The van der Waals surface area contributed by atoms with Crippen LogP contribution < -0.4 is 0 Å². The number of rotatable bonds is 10. The van der Waals surface area contributed by atoms with Gasteiger partial charge in [-0.2, -0.15) is 0 Å². The molecule has 3 heterocycles. The van der Waals surface area contributed by atoms with Crippen LogP contribution in [0.25, 0.3) is 0 Å². The number of fused-ring (bicyclic) bond motifs is 7. The number of carbonyl (C=O) groups is 2. The Labute approximate surface area is 391 Å². The summed E-state index contributed by atoms with van der Waals surface area (Å²) in [7, 11) is 0. The molecule has 5 saturated carbocycles. The van der Waals surface area contributed by atoms with Crippen molar-refractivity contribution in [1.82, 2.24) is 0 Å². The quantitative estimate of drug-likeness (QED) is 0.0724. The van der Waals surface area contributed by atoms with E-state index in [1.165, 1.54) is 6.92 Å². The van der Waals surface area contributed by atoms with Crippen LogP contribution in [-0.4, -0.2) is 186 Å². The summed E-state index contributed by atoms with van der Waals surface area (Å²) in [5, 5.41) is 120. The first kappa shape index (κ1) is 51.6. The molecule has 0 spiro atoms. The zero-order valence-electron chi connectivity index (χ0n) is 39.4. The Morgan fingerprint density at radius 2 is 1.36 bits per heavy atom. The van der Waals surface area contributed by atoms with Crippen molar-refractivity contribution >= 4 is 12.3 Å². The number of allylic oxidation sites excluding steroid dienone is 1. The van der Waals surface area contributed by atoms with Gasteiger partial charge in [-0.25, -0.2) is 0 Å². The molecule has 0 bridgehead atoms. The zero-order valence-corrected chi connectivity index (χ0v) is 39.4. The molecule has 0 radical (unpaired) electrons. The van der Waals surface area contributed by atoms with E-state index in [-0.39, 0.29) is 35.0 Å². The van der Waals surface area contributed by atoms with Gasteiger partial charge in [-0.3, -0.25) is 4.79 Å². The second-order valence-electron chi connectivity index (χ2n) is 22.8. The van der Waals surface area contributed by atoms with Gasteiger partial charge in [0.15, 0.2) is 12.6 Å². The van der Waals surface area contributed by atoms with Crippen LogP contribution in [-0.2, 0) is 38.0 Å². The highest BCUT2D eigenvalue weighted by Gasteiger charge is 2.74. The Bertz CT molecular complexity index is 1840. The molecule has 11 N–H and O–H groups in total. The molecule has 8 rings (SSSR count). The largest absolute Gasteiger partial charge is 0.432 e. The molecule has 19 heteroatoms. The maximum atomic E-state index is 15.0. The van der Waals surface area contributed by atoms with E-state index in [1.807, 2.05) is 13.8 Å². The van der Waals surface area contributed by atoms with Crippen LogP contribution in [0.2, 0.25) is 0 Å². The van der Waals surface area contributed by atoms with E-state index in [0.29, 0.717) is 51.4 Å². The Kier molecular flexibility index (Phi) is 14.1. The predicted molar refractivity (Wildman–Crippen MR) is 230 cm³/mol. The number of hydrogen-bond donors (Lipinski definition) is 11. The normalized spacial score (nSPS) is 56.4. The number of aliphatic hydroxyl groups excluding tert-OH is 11. The van der Waals surface area contributed by atoms with E-state index in [0.717, 1.165) is 18.3 Å². The Morgan fingerprint density at radius 3 is 2.01 bits per heavy atom. The molecule has 1 unspecified atom stereocenters. The molecule has 3 aliphatic heterocycles. The van der Waals surface area contributed by atoms with E-state index < -0.39 is 145 Å². The predicted octanol–water partition coefficient (Wildman–Crippen LogP) is -0.826. The molecule has 5 aliphatic carbocycles. The second-order valence-corrected chi connectivity index (χ2v) is 22.8. The standard InChI is InChI=1S/C48H76O19/c1-20(2)22-8-13-48(15-14-46(6)23(29(22)48)16-24(51)39-44(4)11-10-28(52)45(5,19-50)27(44)9-12-47(39,46)7)43(61)67-42-36(59)33(56)31(54)26(65-42)18-62-40-37(60)34(57)38(25(17-49)64-40)66-41-35(58)32(55)30(53)21(3)63-41/h19,21-42,49,51-60H,1,8-18H2,2-7H3/t21-,22-,23+,24+,25+,26+,27?,28+,29+,30-,31+,32+,33-,34+,35+,36+,37+,38+,39+,40+,41+,42-,44-,45-,46+,47+,48-/m0/s1. The summed E-state index contributed by atoms with van der Waals surface area (Å²) in [6, 6.07) is 0. The SMILES string of the molecule is C=C(C)[C@@H]1CC[C@]2(C(=O)O[C@@H]3O[C@H](CO[C@@H]4O[C@H](CO)[C@@H](O[C@H]5O[C@@H](C)[C@H](O)[C@@H](O)[C@H]5O)[C@H](O)[C@H]4O)[C@@H](O)[C@H](O)[C@H]3O)CC[C@]3(C)[C@H](C[C@@H](O)[C@@H]4[C@@]5(C)CC[C@@H](O)[C@@](C)(C=O)C5CC[C@]43C)[C@@H]12. The zero-order chi connectivity index (χ0) is 49.1. The lowest BCUT2D eigenvalue weighted by Gasteiger charge is -2.73. The van der Waals surface area contributed by atoms with Crippen LogP contribution in [0, 0.1) is 56.7 Å². The first-order chi connectivity index (χ1) is 31.4. The van der Waals surface area contributed by atoms with E-state index in [2.05, 4.69) is 27.4 Å². The average molecular weight is 957 g/mol. The van der Waals surface area contributed by atoms with Gasteiger partial charge in [0.25, 0.3) is 0 Å². The summed E-state index contributed by atoms with van der Waals surface area (Å²) < 4.78 is 34.6. The number of ether oxygens (including phenoxy) is 6. The maximum absolute atomic E-state index is 15.0. The van der Waals surface area contributed by atoms with Gasteiger partial charge in [0.2, 0.25) is 6.29 Å². The minimum atomic E-state index is -1.89. The van der Waals surface area contributed by atoms with Gasteiger partial charge in [0.1, 0.15) is 73.4 Å². The molecule has 0 aromatic rings. The van der Waals surface area contributed by atoms with E-state index in [9.17, 15) is 65.8 Å². The third-order valence-electron chi connectivity index (χ3n) is 19.6. The fourth-order valence-corrected chi connectivity index (χ4v) is 15.7. The Balaban J connectivity index is 0.979. The van der Waals surface area contributed by atoms with Gasteiger partial charge in [-0.15, -0.1) is 0 Å². The van der Waals surface area contributed by atoms with Gasteiger partial charge in [-0.05, 0) is 117 Å². The topological polar surface area (TPSA) is 312 Å². The number of carbonyl (C=O) groups excluding carboxylic acids is 2. The molecule has 8 fully saturated rings. The molecular formula is C48H76O19. The highest BCUT2D eigenvalue weighted by Crippen LogP contribution is 2.77. The fraction of sp³-hybridized carbons (Fsp3) is 0.917. The third-order valence-corrected chi connectivity index (χ3v) is 19.6. The number of aldehydes is 1. The number of hydrogen-bond acceptors (Lipinski definition) is 19. The van der Waals surface area contributed by atoms with Crippen LogP contribution in [0.1, 0.15) is 99.3 Å². The summed E-state index contributed by atoms with van der Waals surface area (Å²) >= 11 is 0. The molecule has 0 amide bonds. The summed E-state index contributed by atoms with van der Waals surface area (Å²) in [5.74, 6) is -1.49. The van der Waals surface area contributed by atoms with Gasteiger partial charge >= 0.3 is 5.97 Å². The van der Waals surface area contributed by atoms with Gasteiger partial charge < -0.3 is 89.4 Å². The van der Waals surface area contributed by atoms with Crippen molar-refractivity contribution < 1.29 is 94.2 Å². The van der Waals surface area contributed by atoms with Crippen molar-refractivity contribution in [3.05, 3.63) is 12.2 Å². The summed E-state index contributed by atoms with van der Waals surface area (Å²) in [4.78, 5) is 27.7. The highest BCUT2D eigenvalue weighted by molar-refractivity contribution is 5.78. The molecular weight excluding hydrogens is 881 g/mol. The first-order valence-corrected chi connectivity index (χ1v) is 24.3. The minimum Gasteiger partial charge on any atom is -0.432 e. The van der Waals surface area contributed by atoms with Crippen molar-refractivity contribution in [2.45, 2.75) is 204 Å². The van der Waals surface area contributed by atoms with Crippen molar-refractivity contribution in [1.29, 1.82) is 0 Å². The first-order valence-electron chi connectivity index (χ1n) is 24.3. The summed E-state index contributed by atoms with van der Waals surface area (Å²) in [6.45, 7) is 14.9. The van der Waals surface area contributed by atoms with E-state index in [4.69, 9.17) is 28.4 Å². The Morgan fingerprint density at radius 1 is 0.716 bits per heavy atom. The molecule has 19 nitrogen and oxygen atoms in total. The maximum Gasteiger partial charge on any atom is 0.314 e. The van der Waals surface area contributed by atoms with Crippen LogP contribution in [0.4, 0.5) is 0 Å². The molecule has 8 aliphatic rings. The second kappa shape index (κ2) is 18.4. The van der Waals surface area contributed by atoms with Crippen LogP contribution >= 0.6 is 0 Å². The number of aliphatic hydroxyl groups is 11. The Hall–Kier alpha value is -1.76. The molecule has 3 saturated heterocycles. The molecule has 382 valence electrons. The lowest BCUT2D eigenvalue weighted by molar-refractivity contribution is -0.361. The lowest BCUT2D eigenvalue weighted by atomic mass is 9.31. The van der Waals surface area contributed by atoms with Crippen molar-refractivity contribution in [3.63, 3.8) is 0 Å². The van der Waals surface area contributed by atoms with E-state index >= 15 is 0 Å². The summed E-state index contributed by atoms with van der Waals surface area (Å²) in [5.41, 5.74) is -2.28. The monoisotopic (exact) mass is 956 g/mol. The third kappa shape index (κ3) is 7.83. The minimum absolute atomic E-state index is 0.0984.